The average molecular weight is 468 g/mol. The van der Waals surface area contributed by atoms with E-state index in [0.29, 0.717) is 16.0 Å². The van der Waals surface area contributed by atoms with Gasteiger partial charge in [-0.3, -0.25) is 14.3 Å². The van der Waals surface area contributed by atoms with Crippen LogP contribution in [-0.4, -0.2) is 26.6 Å². The second-order valence-electron chi connectivity index (χ2n) is 6.10. The first-order valence-corrected chi connectivity index (χ1v) is 9.15. The van der Waals surface area contributed by atoms with Crippen molar-refractivity contribution in [1.82, 2.24) is 14.8 Å². The summed E-state index contributed by atoms with van der Waals surface area (Å²) >= 11 is 6.37. The van der Waals surface area contributed by atoms with Crippen LogP contribution in [0, 0.1) is 6.92 Å². The van der Waals surface area contributed by atoms with Gasteiger partial charge < -0.3 is 11.1 Å². The number of aryl methyl sites for hydroxylation is 2. The van der Waals surface area contributed by atoms with Crippen LogP contribution in [0.25, 0.3) is 10.2 Å². The molecule has 0 aliphatic heterocycles. The lowest BCUT2D eigenvalue weighted by Gasteiger charge is -2.09. The van der Waals surface area contributed by atoms with Gasteiger partial charge in [-0.1, -0.05) is 11.6 Å². The third-order valence-corrected chi connectivity index (χ3v) is 5.49. The van der Waals surface area contributed by atoms with Gasteiger partial charge in [0.2, 0.25) is 0 Å². The van der Waals surface area contributed by atoms with Crippen LogP contribution in [0.5, 0.6) is 0 Å². The summed E-state index contributed by atoms with van der Waals surface area (Å²) in [5, 5.41) is 4.73. The molecule has 3 heterocycles. The second-order valence-corrected chi connectivity index (χ2v) is 7.48. The number of hydrogen-bond acceptors (Lipinski definition) is 5. The van der Waals surface area contributed by atoms with Crippen molar-refractivity contribution in [3.05, 3.63) is 38.6 Å². The Bertz CT molecular complexity index is 1190. The fourth-order valence-electron chi connectivity index (χ4n) is 2.81. The Morgan fingerprint density at radius 3 is 2.47 bits per heavy atom. The summed E-state index contributed by atoms with van der Waals surface area (Å²) in [6.07, 6.45) is -7.77. The summed E-state index contributed by atoms with van der Waals surface area (Å²) in [7, 11) is 1.08. The first-order chi connectivity index (χ1) is 13.8. The molecule has 0 bridgehead atoms. The maximum absolute atomic E-state index is 13.0. The Kier molecular flexibility index (Phi) is 5.45. The lowest BCUT2D eigenvalue weighted by Crippen LogP contribution is -2.19. The fraction of sp³-hybridized carbons (Fsp3) is 0.250. The van der Waals surface area contributed by atoms with Crippen LogP contribution in [0.1, 0.15) is 43.5 Å². The lowest BCUT2D eigenvalue weighted by molar-refractivity contribution is -0.141. The maximum Gasteiger partial charge on any atom is 0.436 e. The van der Waals surface area contributed by atoms with Crippen LogP contribution in [0.2, 0.25) is 5.02 Å². The molecule has 7 nitrogen and oxygen atoms in total. The summed E-state index contributed by atoms with van der Waals surface area (Å²) < 4.78 is 65.7. The number of carbonyl (C=O) groups excluding carboxylic acids is 2. The zero-order chi connectivity index (χ0) is 22.5. The molecule has 30 heavy (non-hydrogen) atoms. The number of rotatable bonds is 4. The largest absolute Gasteiger partial charge is 0.436 e. The lowest BCUT2D eigenvalue weighted by atomic mass is 10.1. The summed E-state index contributed by atoms with van der Waals surface area (Å²) in [4.78, 5) is 28.1. The molecule has 160 valence electrons. The van der Waals surface area contributed by atoms with E-state index in [4.69, 9.17) is 17.3 Å². The molecule has 3 rings (SSSR count). The fourth-order valence-corrected chi connectivity index (χ4v) is 4.23. The van der Waals surface area contributed by atoms with Gasteiger partial charge in [0.05, 0.1) is 5.69 Å². The Labute approximate surface area is 173 Å². The Morgan fingerprint density at radius 2 is 1.97 bits per heavy atom. The number of anilines is 1. The van der Waals surface area contributed by atoms with Gasteiger partial charge in [0, 0.05) is 12.4 Å². The number of nitrogens with zero attached hydrogens (tertiary/aromatic N) is 3. The van der Waals surface area contributed by atoms with E-state index in [-0.39, 0.29) is 26.3 Å². The highest BCUT2D eigenvalue weighted by Gasteiger charge is 2.40. The van der Waals surface area contributed by atoms with Crippen molar-refractivity contribution in [2.75, 3.05) is 5.32 Å². The van der Waals surface area contributed by atoms with E-state index in [1.807, 2.05) is 0 Å². The molecule has 2 amide bonds. The van der Waals surface area contributed by atoms with E-state index in [2.05, 4.69) is 15.4 Å². The minimum absolute atomic E-state index is 0.00137. The number of halogens is 6. The summed E-state index contributed by atoms with van der Waals surface area (Å²) in [6, 6.07) is 1.07. The van der Waals surface area contributed by atoms with Crippen molar-refractivity contribution in [1.29, 1.82) is 0 Å². The number of hydrogen-bond donors (Lipinski definition) is 2. The normalized spacial score (nSPS) is 12.0. The van der Waals surface area contributed by atoms with Crippen molar-refractivity contribution in [2.45, 2.75) is 19.5 Å². The highest BCUT2D eigenvalue weighted by atomic mass is 35.5. The Hall–Kier alpha value is -2.80. The van der Waals surface area contributed by atoms with E-state index in [1.54, 1.807) is 0 Å². The zero-order valence-electron chi connectivity index (χ0n) is 15.1. The predicted octanol–water partition coefficient (Wildman–Crippen LogP) is 4.30. The smallest absolute Gasteiger partial charge is 0.365 e. The van der Waals surface area contributed by atoms with Gasteiger partial charge in [0.25, 0.3) is 18.2 Å². The molecule has 0 saturated carbocycles. The number of nitrogens with two attached hydrogens (primary N) is 1. The molecule has 0 saturated heterocycles. The molecule has 0 radical (unpaired) electrons. The second kappa shape index (κ2) is 7.47. The number of thiophene rings is 1. The first kappa shape index (κ1) is 21.9. The number of alkyl halides is 5. The Balaban J connectivity index is 2.14. The first-order valence-electron chi connectivity index (χ1n) is 7.96. The zero-order valence-corrected chi connectivity index (χ0v) is 16.6. The molecule has 3 aromatic rings. The van der Waals surface area contributed by atoms with Crippen molar-refractivity contribution in [3.63, 3.8) is 0 Å². The number of amides is 2. The molecular weight excluding hydrogens is 457 g/mol. The standard InChI is InChI=1S/C16H11ClF5N5O2S/c1-4-3-5(12(18)19)24-15-6(4)8(10(30-15)13(23)28)25-14(29)9-7(17)11(16(20,21)22)26-27(9)2/h3,12H,1-2H3,(H2,23,28)(H,25,29). The van der Waals surface area contributed by atoms with Gasteiger partial charge in [-0.05, 0) is 18.6 Å². The quantitative estimate of drug-likeness (QED) is 0.558. The van der Waals surface area contributed by atoms with Gasteiger partial charge in [0.1, 0.15) is 26.1 Å². The minimum Gasteiger partial charge on any atom is -0.365 e. The average Bonchev–Trinajstić information content (AvgIpc) is 3.12. The van der Waals surface area contributed by atoms with Crippen molar-refractivity contribution >= 4 is 50.7 Å². The Morgan fingerprint density at radius 1 is 1.33 bits per heavy atom. The van der Waals surface area contributed by atoms with E-state index >= 15 is 0 Å². The highest BCUT2D eigenvalue weighted by Crippen LogP contribution is 2.39. The molecule has 0 aliphatic carbocycles. The summed E-state index contributed by atoms with van der Waals surface area (Å²) in [5.41, 5.74) is 2.79. The molecule has 0 spiro atoms. The number of carbonyl (C=O) groups is 2. The molecule has 0 aromatic carbocycles. The molecule has 0 unspecified atom stereocenters. The van der Waals surface area contributed by atoms with Crippen molar-refractivity contribution in [3.8, 4) is 0 Å². The van der Waals surface area contributed by atoms with E-state index < -0.39 is 46.5 Å². The van der Waals surface area contributed by atoms with Crippen molar-refractivity contribution < 1.29 is 31.5 Å². The highest BCUT2D eigenvalue weighted by molar-refractivity contribution is 7.21. The van der Waals surface area contributed by atoms with E-state index in [9.17, 15) is 31.5 Å². The molecule has 3 N–H and O–H groups in total. The van der Waals surface area contributed by atoms with Gasteiger partial charge in [0.15, 0.2) is 5.69 Å². The number of fused-ring (bicyclic) bond motifs is 1. The predicted molar refractivity (Wildman–Crippen MR) is 99.0 cm³/mol. The van der Waals surface area contributed by atoms with Gasteiger partial charge in [-0.2, -0.15) is 18.3 Å². The SMILES string of the molecule is Cc1cc(C(F)F)nc2sc(C(N)=O)c(NC(=O)c3c(Cl)c(C(F)(F)F)nn3C)c12. The molecule has 14 heteroatoms. The topological polar surface area (TPSA) is 103 Å². The number of aromatic nitrogens is 3. The van der Waals surface area contributed by atoms with Crippen molar-refractivity contribution in [2.24, 2.45) is 12.8 Å². The van der Waals surface area contributed by atoms with Crippen LogP contribution in [0.3, 0.4) is 0 Å². The van der Waals surface area contributed by atoms with Crippen LogP contribution >= 0.6 is 22.9 Å². The van der Waals surface area contributed by atoms with Gasteiger partial charge >= 0.3 is 6.18 Å². The molecule has 0 aliphatic rings. The van der Waals surface area contributed by atoms with Crippen LogP contribution in [0.4, 0.5) is 27.6 Å². The third-order valence-electron chi connectivity index (χ3n) is 4.04. The summed E-state index contributed by atoms with van der Waals surface area (Å²) in [5.74, 6) is -2.09. The minimum atomic E-state index is -4.90. The maximum atomic E-state index is 13.0. The van der Waals surface area contributed by atoms with Crippen LogP contribution in [0.15, 0.2) is 6.07 Å². The van der Waals surface area contributed by atoms with Crippen LogP contribution in [-0.2, 0) is 13.2 Å². The van der Waals surface area contributed by atoms with Gasteiger partial charge in [-0.15, -0.1) is 11.3 Å². The number of primary amides is 1. The monoisotopic (exact) mass is 467 g/mol. The molecule has 0 fully saturated rings. The van der Waals surface area contributed by atoms with Gasteiger partial charge in [-0.25, -0.2) is 13.8 Å². The molecule has 3 aromatic heterocycles. The molecule has 0 atom stereocenters. The van der Waals surface area contributed by atoms with Crippen LogP contribution < -0.4 is 11.1 Å². The van der Waals surface area contributed by atoms with E-state index in [0.717, 1.165) is 13.1 Å². The third kappa shape index (κ3) is 3.69. The molecular formula is C16H11ClF5N5O2S. The number of nitrogens with one attached hydrogen (secondary N) is 1. The van der Waals surface area contributed by atoms with E-state index in [1.165, 1.54) is 6.92 Å². The summed E-state index contributed by atoms with van der Waals surface area (Å²) in [6.45, 7) is 1.45. The number of pyridine rings is 1.